The number of carboxylic acid groups (broad SMARTS) is 1. The lowest BCUT2D eigenvalue weighted by Crippen LogP contribution is -2.39. The summed E-state index contributed by atoms with van der Waals surface area (Å²) in [6.45, 7) is 0.642. The van der Waals surface area contributed by atoms with Gasteiger partial charge in [-0.1, -0.05) is 0 Å². The summed E-state index contributed by atoms with van der Waals surface area (Å²) >= 11 is 0.698. The minimum absolute atomic E-state index is 0.133. The lowest BCUT2D eigenvalue weighted by Gasteiger charge is -2.16. The molecule has 1 heterocycles. The largest absolute Gasteiger partial charge is 0.481 e. The molecular formula is C10H15F3N2O3S. The van der Waals surface area contributed by atoms with Crippen LogP contribution >= 0.6 is 11.8 Å². The van der Waals surface area contributed by atoms with Crippen molar-refractivity contribution >= 4 is 23.8 Å². The van der Waals surface area contributed by atoms with E-state index in [0.29, 0.717) is 24.7 Å². The molecule has 0 aliphatic carbocycles. The van der Waals surface area contributed by atoms with E-state index in [-0.39, 0.29) is 18.8 Å². The third-order valence-electron chi connectivity index (χ3n) is 2.61. The zero-order valence-electron chi connectivity index (χ0n) is 10.1. The number of nitrogens with zero attached hydrogens (tertiary/aromatic N) is 1. The van der Waals surface area contributed by atoms with Crippen molar-refractivity contribution in [2.75, 3.05) is 31.1 Å². The number of aliphatic carboxylic acids is 1. The summed E-state index contributed by atoms with van der Waals surface area (Å²) in [5.41, 5.74) is 0. The number of thioether (sulfide) groups is 1. The first kappa shape index (κ1) is 15.9. The van der Waals surface area contributed by atoms with E-state index in [4.69, 9.17) is 5.11 Å². The Labute approximate surface area is 112 Å². The summed E-state index contributed by atoms with van der Waals surface area (Å²) in [7, 11) is 0. The van der Waals surface area contributed by atoms with E-state index in [9.17, 15) is 22.8 Å². The molecule has 5 nitrogen and oxygen atoms in total. The Kier molecular flexibility index (Phi) is 5.77. The number of hydrogen-bond donors (Lipinski definition) is 2. The maximum Gasteiger partial charge on any atom is 0.397 e. The van der Waals surface area contributed by atoms with Crippen LogP contribution in [0.2, 0.25) is 0 Å². The van der Waals surface area contributed by atoms with E-state index < -0.39 is 29.8 Å². The fourth-order valence-electron chi connectivity index (χ4n) is 1.68. The highest BCUT2D eigenvalue weighted by molar-refractivity contribution is 7.99. The standard InChI is InChI=1S/C10H15F3N2O3S/c11-10(12,13)6-19-4-2-14-9(18)15-3-1-7(5-15)8(16)17/h7H,1-6H2,(H,14,18)(H,16,17). The van der Waals surface area contributed by atoms with E-state index in [0.717, 1.165) is 0 Å². The molecule has 0 aromatic carbocycles. The van der Waals surface area contributed by atoms with Gasteiger partial charge in [0.05, 0.1) is 11.7 Å². The predicted octanol–water partition coefficient (Wildman–Crippen LogP) is 1.40. The Morgan fingerprint density at radius 2 is 2.11 bits per heavy atom. The smallest absolute Gasteiger partial charge is 0.397 e. The molecule has 0 aromatic rings. The summed E-state index contributed by atoms with van der Waals surface area (Å²) in [5, 5.41) is 11.2. The molecule has 0 saturated carbocycles. The van der Waals surface area contributed by atoms with Crippen LogP contribution < -0.4 is 5.32 Å². The topological polar surface area (TPSA) is 69.6 Å². The van der Waals surface area contributed by atoms with Crippen LogP contribution in [0.25, 0.3) is 0 Å². The van der Waals surface area contributed by atoms with Gasteiger partial charge in [0, 0.05) is 25.4 Å². The Bertz CT molecular complexity index is 338. The van der Waals surface area contributed by atoms with Gasteiger partial charge in [-0.3, -0.25) is 4.79 Å². The van der Waals surface area contributed by atoms with E-state index in [1.165, 1.54) is 4.90 Å². The fourth-order valence-corrected chi connectivity index (χ4v) is 2.30. The first-order valence-electron chi connectivity index (χ1n) is 5.69. The molecule has 1 aliphatic rings. The van der Waals surface area contributed by atoms with Gasteiger partial charge < -0.3 is 15.3 Å². The summed E-state index contributed by atoms with van der Waals surface area (Å²) in [4.78, 5) is 23.6. The number of halogens is 3. The molecule has 2 N–H and O–H groups in total. The highest BCUT2D eigenvalue weighted by Crippen LogP contribution is 2.20. The van der Waals surface area contributed by atoms with E-state index >= 15 is 0 Å². The number of alkyl halides is 3. The summed E-state index contributed by atoms with van der Waals surface area (Å²) < 4.78 is 35.5. The second-order valence-corrected chi connectivity index (χ2v) is 5.27. The molecule has 9 heteroatoms. The van der Waals surface area contributed by atoms with Gasteiger partial charge in [-0.05, 0) is 6.42 Å². The van der Waals surface area contributed by atoms with Crippen molar-refractivity contribution in [3.05, 3.63) is 0 Å². The van der Waals surface area contributed by atoms with Gasteiger partial charge in [0.15, 0.2) is 0 Å². The molecule has 1 fully saturated rings. The monoisotopic (exact) mass is 300 g/mol. The molecular weight excluding hydrogens is 285 g/mol. The molecule has 1 rings (SSSR count). The number of carbonyl (C=O) groups excluding carboxylic acids is 1. The molecule has 1 unspecified atom stereocenters. The second-order valence-electron chi connectivity index (χ2n) is 4.17. The van der Waals surface area contributed by atoms with E-state index in [1.807, 2.05) is 0 Å². The minimum atomic E-state index is -4.20. The van der Waals surface area contributed by atoms with Crippen molar-refractivity contribution in [2.24, 2.45) is 5.92 Å². The molecule has 1 saturated heterocycles. The third kappa shape index (κ3) is 6.04. The van der Waals surface area contributed by atoms with Gasteiger partial charge in [-0.15, -0.1) is 0 Å². The van der Waals surface area contributed by atoms with E-state index in [2.05, 4.69) is 5.32 Å². The van der Waals surface area contributed by atoms with Crippen LogP contribution in [0.3, 0.4) is 0 Å². The SMILES string of the molecule is O=C(O)C1CCN(C(=O)NCCSCC(F)(F)F)C1. The van der Waals surface area contributed by atoms with Crippen molar-refractivity contribution in [1.82, 2.24) is 10.2 Å². The molecule has 19 heavy (non-hydrogen) atoms. The number of rotatable bonds is 5. The number of amides is 2. The molecule has 1 atom stereocenters. The van der Waals surface area contributed by atoms with Crippen molar-refractivity contribution in [3.63, 3.8) is 0 Å². The van der Waals surface area contributed by atoms with Gasteiger partial charge in [0.1, 0.15) is 0 Å². The van der Waals surface area contributed by atoms with Gasteiger partial charge in [-0.25, -0.2) is 4.79 Å². The molecule has 0 aromatic heterocycles. The van der Waals surface area contributed by atoms with Crippen molar-refractivity contribution < 1.29 is 27.9 Å². The lowest BCUT2D eigenvalue weighted by atomic mass is 10.1. The quantitative estimate of drug-likeness (QED) is 0.753. The lowest BCUT2D eigenvalue weighted by molar-refractivity contribution is -0.141. The molecule has 110 valence electrons. The van der Waals surface area contributed by atoms with Gasteiger partial charge >= 0.3 is 18.2 Å². The number of likely N-dealkylation sites (tertiary alicyclic amines) is 1. The fraction of sp³-hybridized carbons (Fsp3) is 0.800. The zero-order chi connectivity index (χ0) is 14.5. The molecule has 0 radical (unpaired) electrons. The predicted molar refractivity (Wildman–Crippen MR) is 64.1 cm³/mol. The number of urea groups is 1. The molecule has 2 amide bonds. The van der Waals surface area contributed by atoms with Crippen LogP contribution in [0.1, 0.15) is 6.42 Å². The van der Waals surface area contributed by atoms with E-state index in [1.54, 1.807) is 0 Å². The van der Waals surface area contributed by atoms with Crippen molar-refractivity contribution in [3.8, 4) is 0 Å². The van der Waals surface area contributed by atoms with Gasteiger partial charge in [-0.2, -0.15) is 24.9 Å². The first-order chi connectivity index (χ1) is 8.79. The normalized spacial score (nSPS) is 19.5. The van der Waals surface area contributed by atoms with Gasteiger partial charge in [0.2, 0.25) is 0 Å². The summed E-state index contributed by atoms with van der Waals surface area (Å²) in [5.74, 6) is -2.25. The Morgan fingerprint density at radius 1 is 1.42 bits per heavy atom. The Hall–Kier alpha value is -1.12. The average Bonchev–Trinajstić information content (AvgIpc) is 2.76. The number of carbonyl (C=O) groups is 2. The number of hydrogen-bond acceptors (Lipinski definition) is 3. The van der Waals surface area contributed by atoms with Crippen LogP contribution in [0.5, 0.6) is 0 Å². The number of nitrogens with one attached hydrogen (secondary N) is 1. The third-order valence-corrected chi connectivity index (χ3v) is 3.64. The van der Waals surface area contributed by atoms with Gasteiger partial charge in [0.25, 0.3) is 0 Å². The van der Waals surface area contributed by atoms with Crippen LogP contribution in [0.15, 0.2) is 0 Å². The number of carboxylic acids is 1. The van der Waals surface area contributed by atoms with Crippen LogP contribution in [0.4, 0.5) is 18.0 Å². The average molecular weight is 300 g/mol. The molecule has 0 spiro atoms. The maximum atomic E-state index is 11.8. The first-order valence-corrected chi connectivity index (χ1v) is 6.85. The highest BCUT2D eigenvalue weighted by Gasteiger charge is 2.30. The zero-order valence-corrected chi connectivity index (χ0v) is 10.9. The second kappa shape index (κ2) is 6.88. The highest BCUT2D eigenvalue weighted by atomic mass is 32.2. The maximum absolute atomic E-state index is 11.8. The van der Waals surface area contributed by atoms with Crippen LogP contribution in [0, 0.1) is 5.92 Å². The summed E-state index contributed by atoms with van der Waals surface area (Å²) in [6, 6.07) is -0.420. The summed E-state index contributed by atoms with van der Waals surface area (Å²) in [6.07, 6.45) is -3.79. The molecule has 1 aliphatic heterocycles. The van der Waals surface area contributed by atoms with Crippen LogP contribution in [-0.2, 0) is 4.79 Å². The Morgan fingerprint density at radius 3 is 2.63 bits per heavy atom. The Balaban J connectivity index is 2.14. The van der Waals surface area contributed by atoms with Crippen molar-refractivity contribution in [2.45, 2.75) is 12.6 Å². The molecule has 0 bridgehead atoms. The van der Waals surface area contributed by atoms with Crippen molar-refractivity contribution in [1.29, 1.82) is 0 Å². The van der Waals surface area contributed by atoms with Crippen LogP contribution in [-0.4, -0.2) is 59.3 Å². The minimum Gasteiger partial charge on any atom is -0.481 e.